The highest BCUT2D eigenvalue weighted by Crippen LogP contribution is 2.19. The van der Waals surface area contributed by atoms with Crippen LogP contribution in [0.1, 0.15) is 37.7 Å². The highest BCUT2D eigenvalue weighted by molar-refractivity contribution is 6.33. The molecule has 0 saturated heterocycles. The van der Waals surface area contributed by atoms with E-state index in [1.165, 1.54) is 6.20 Å². The number of halogens is 1. The van der Waals surface area contributed by atoms with E-state index in [2.05, 4.69) is 5.10 Å². The molecule has 0 bridgehead atoms. The van der Waals surface area contributed by atoms with E-state index in [9.17, 15) is 4.79 Å². The van der Waals surface area contributed by atoms with Gasteiger partial charge in [0.1, 0.15) is 5.69 Å². The summed E-state index contributed by atoms with van der Waals surface area (Å²) in [7, 11) is 0. The number of Topliss-reactive ketones (excluding diaryl/α,β-unsaturated/α-hetero) is 1. The van der Waals surface area contributed by atoms with Crippen LogP contribution in [-0.2, 0) is 6.54 Å². The number of carbonyl (C=O) groups is 1. The molecule has 4 nitrogen and oxygen atoms in total. The fraction of sp³-hybridized carbons (Fsp3) is 0.636. The minimum atomic E-state index is -0.510. The average Bonchev–Trinajstić information content (AvgIpc) is 2.67. The van der Waals surface area contributed by atoms with E-state index in [1.54, 1.807) is 4.68 Å². The standard InChI is InChI=1S/C11H18ClN3O/c1-4-7(3)9(13)11(16)10-8(12)6-14-15(10)5-2/h6-7,9H,4-5,13H2,1-3H3. The van der Waals surface area contributed by atoms with E-state index >= 15 is 0 Å². The van der Waals surface area contributed by atoms with Gasteiger partial charge in [-0.25, -0.2) is 0 Å². The van der Waals surface area contributed by atoms with Crippen LogP contribution in [0.4, 0.5) is 0 Å². The Bertz CT molecular complexity index is 375. The summed E-state index contributed by atoms with van der Waals surface area (Å²) in [5, 5.41) is 4.41. The molecule has 2 atom stereocenters. The van der Waals surface area contributed by atoms with Crippen LogP contribution < -0.4 is 5.73 Å². The molecule has 0 aliphatic heterocycles. The van der Waals surface area contributed by atoms with Crippen LogP contribution in [-0.4, -0.2) is 21.6 Å². The molecule has 0 aromatic carbocycles. The third-order valence-corrected chi connectivity index (χ3v) is 3.16. The lowest BCUT2D eigenvalue weighted by molar-refractivity contribution is 0.0924. The third-order valence-electron chi connectivity index (χ3n) is 2.89. The van der Waals surface area contributed by atoms with Gasteiger partial charge < -0.3 is 5.73 Å². The monoisotopic (exact) mass is 243 g/mol. The van der Waals surface area contributed by atoms with Gasteiger partial charge in [-0.05, 0) is 12.8 Å². The Labute approximate surface area is 101 Å². The van der Waals surface area contributed by atoms with Crippen molar-refractivity contribution in [2.24, 2.45) is 11.7 Å². The molecule has 16 heavy (non-hydrogen) atoms. The van der Waals surface area contributed by atoms with Crippen molar-refractivity contribution in [3.05, 3.63) is 16.9 Å². The van der Waals surface area contributed by atoms with Gasteiger partial charge in [0.2, 0.25) is 0 Å². The summed E-state index contributed by atoms with van der Waals surface area (Å²) in [6, 6.07) is -0.510. The normalized spacial score (nSPS) is 14.8. The van der Waals surface area contributed by atoms with E-state index in [0.717, 1.165) is 6.42 Å². The number of carbonyl (C=O) groups excluding carboxylic acids is 1. The number of aryl methyl sites for hydroxylation is 1. The SMILES string of the molecule is CCC(C)C(N)C(=O)c1c(Cl)cnn1CC. The molecular weight excluding hydrogens is 226 g/mol. The van der Waals surface area contributed by atoms with Crippen LogP contribution in [0.3, 0.4) is 0 Å². The molecule has 1 heterocycles. The van der Waals surface area contributed by atoms with E-state index in [0.29, 0.717) is 17.3 Å². The molecule has 0 aliphatic carbocycles. The van der Waals surface area contributed by atoms with Crippen molar-refractivity contribution in [2.75, 3.05) is 0 Å². The summed E-state index contributed by atoms with van der Waals surface area (Å²) in [6.07, 6.45) is 2.35. The van der Waals surface area contributed by atoms with Gasteiger partial charge >= 0.3 is 0 Å². The van der Waals surface area contributed by atoms with Crippen LogP contribution >= 0.6 is 11.6 Å². The maximum absolute atomic E-state index is 12.1. The van der Waals surface area contributed by atoms with Gasteiger partial charge in [-0.3, -0.25) is 9.48 Å². The van der Waals surface area contributed by atoms with E-state index in [1.807, 2.05) is 20.8 Å². The van der Waals surface area contributed by atoms with Crippen molar-refractivity contribution in [3.8, 4) is 0 Å². The van der Waals surface area contributed by atoms with E-state index in [-0.39, 0.29) is 11.7 Å². The van der Waals surface area contributed by atoms with Gasteiger partial charge in [-0.2, -0.15) is 5.10 Å². The Morgan fingerprint density at radius 3 is 2.75 bits per heavy atom. The molecule has 2 N–H and O–H groups in total. The highest BCUT2D eigenvalue weighted by Gasteiger charge is 2.26. The molecule has 1 aromatic rings. The largest absolute Gasteiger partial charge is 0.321 e. The predicted molar refractivity (Wildman–Crippen MR) is 64.7 cm³/mol. The lowest BCUT2D eigenvalue weighted by Gasteiger charge is -2.17. The molecule has 2 unspecified atom stereocenters. The Balaban J connectivity index is 2.99. The van der Waals surface area contributed by atoms with Crippen molar-refractivity contribution >= 4 is 17.4 Å². The van der Waals surface area contributed by atoms with Gasteiger partial charge in [0.05, 0.1) is 17.3 Å². The number of rotatable bonds is 5. The minimum absolute atomic E-state index is 0.126. The number of nitrogens with zero attached hydrogens (tertiary/aromatic N) is 2. The molecule has 0 amide bonds. The second-order valence-electron chi connectivity index (χ2n) is 3.93. The Kier molecular flexibility index (Phi) is 4.50. The van der Waals surface area contributed by atoms with Gasteiger partial charge in [0.25, 0.3) is 0 Å². The van der Waals surface area contributed by atoms with Gasteiger partial charge in [-0.1, -0.05) is 31.9 Å². The Hall–Kier alpha value is -0.870. The van der Waals surface area contributed by atoms with Crippen LogP contribution in [0.5, 0.6) is 0 Å². The summed E-state index contributed by atoms with van der Waals surface area (Å²) < 4.78 is 1.59. The highest BCUT2D eigenvalue weighted by atomic mass is 35.5. The van der Waals surface area contributed by atoms with E-state index < -0.39 is 6.04 Å². The Morgan fingerprint density at radius 1 is 1.62 bits per heavy atom. The zero-order valence-electron chi connectivity index (χ0n) is 9.90. The number of hydrogen-bond donors (Lipinski definition) is 1. The first-order valence-corrected chi connectivity index (χ1v) is 5.91. The summed E-state index contributed by atoms with van der Waals surface area (Å²) in [5.74, 6) is 0.0162. The zero-order valence-corrected chi connectivity index (χ0v) is 10.7. The number of nitrogens with two attached hydrogens (primary N) is 1. The van der Waals surface area contributed by atoms with Gasteiger partial charge in [-0.15, -0.1) is 0 Å². The lowest BCUT2D eigenvalue weighted by atomic mass is 9.95. The van der Waals surface area contributed by atoms with Crippen molar-refractivity contribution < 1.29 is 4.79 Å². The number of aromatic nitrogens is 2. The van der Waals surface area contributed by atoms with Crippen molar-refractivity contribution in [2.45, 2.75) is 39.8 Å². The van der Waals surface area contributed by atoms with Gasteiger partial charge in [0, 0.05) is 6.54 Å². The lowest BCUT2D eigenvalue weighted by Crippen LogP contribution is -2.37. The molecule has 0 aliphatic rings. The van der Waals surface area contributed by atoms with Crippen LogP contribution in [0.2, 0.25) is 5.02 Å². The maximum Gasteiger partial charge on any atom is 0.199 e. The molecule has 0 spiro atoms. The molecular formula is C11H18ClN3O. The van der Waals surface area contributed by atoms with Crippen molar-refractivity contribution in [1.29, 1.82) is 0 Å². The summed E-state index contributed by atoms with van der Waals surface area (Å²) in [4.78, 5) is 12.1. The fourth-order valence-electron chi connectivity index (χ4n) is 1.52. The zero-order chi connectivity index (χ0) is 12.3. The van der Waals surface area contributed by atoms with Crippen LogP contribution in [0.15, 0.2) is 6.20 Å². The second-order valence-corrected chi connectivity index (χ2v) is 4.34. The smallest absolute Gasteiger partial charge is 0.199 e. The minimum Gasteiger partial charge on any atom is -0.321 e. The van der Waals surface area contributed by atoms with E-state index in [4.69, 9.17) is 17.3 Å². The van der Waals surface area contributed by atoms with Crippen molar-refractivity contribution in [3.63, 3.8) is 0 Å². The Morgan fingerprint density at radius 2 is 2.25 bits per heavy atom. The predicted octanol–water partition coefficient (Wildman–Crippen LogP) is 2.11. The third kappa shape index (κ3) is 2.44. The summed E-state index contributed by atoms with van der Waals surface area (Å²) >= 11 is 5.95. The molecule has 5 heteroatoms. The summed E-state index contributed by atoms with van der Waals surface area (Å²) in [5.41, 5.74) is 6.33. The molecule has 0 fully saturated rings. The first-order chi connectivity index (χ1) is 7.52. The first kappa shape index (κ1) is 13.2. The van der Waals surface area contributed by atoms with Crippen molar-refractivity contribution in [1.82, 2.24) is 9.78 Å². The maximum atomic E-state index is 12.1. The average molecular weight is 244 g/mol. The van der Waals surface area contributed by atoms with Gasteiger partial charge in [0.15, 0.2) is 5.78 Å². The summed E-state index contributed by atoms with van der Waals surface area (Å²) in [6.45, 7) is 6.50. The fourth-order valence-corrected chi connectivity index (χ4v) is 1.75. The number of ketones is 1. The molecule has 1 aromatic heterocycles. The molecule has 1 rings (SSSR count). The molecule has 90 valence electrons. The second kappa shape index (κ2) is 5.46. The molecule has 0 radical (unpaired) electrons. The quantitative estimate of drug-likeness (QED) is 0.806. The number of hydrogen-bond acceptors (Lipinski definition) is 3. The first-order valence-electron chi connectivity index (χ1n) is 5.53. The van der Waals surface area contributed by atoms with Crippen LogP contribution in [0.25, 0.3) is 0 Å². The molecule has 0 saturated carbocycles. The van der Waals surface area contributed by atoms with Crippen LogP contribution in [0, 0.1) is 5.92 Å². The topological polar surface area (TPSA) is 60.9 Å².